The minimum atomic E-state index is -0.173. The molecule has 3 nitrogen and oxygen atoms in total. The predicted octanol–water partition coefficient (Wildman–Crippen LogP) is 3.72. The van der Waals surface area contributed by atoms with E-state index in [9.17, 15) is 4.79 Å². The Morgan fingerprint density at radius 3 is 2.32 bits per heavy atom. The molecule has 1 amide bonds. The van der Waals surface area contributed by atoms with Gasteiger partial charge in [-0.15, -0.1) is 0 Å². The van der Waals surface area contributed by atoms with E-state index in [1.54, 1.807) is 18.2 Å². The largest absolute Gasteiger partial charge is 0.398 e. The maximum atomic E-state index is 12.0. The number of carbonyl (C=O) groups excluding carboxylic acids is 1. The van der Waals surface area contributed by atoms with E-state index in [0.29, 0.717) is 17.8 Å². The summed E-state index contributed by atoms with van der Waals surface area (Å²) in [6.45, 7) is 0.474. The molecule has 3 N–H and O–H groups in total. The van der Waals surface area contributed by atoms with Crippen molar-refractivity contribution < 1.29 is 4.79 Å². The van der Waals surface area contributed by atoms with Crippen LogP contribution in [0.5, 0.6) is 0 Å². The smallest absolute Gasteiger partial charge is 0.253 e. The first-order valence-electron chi connectivity index (χ1n) is 5.64. The zero-order valence-electron chi connectivity index (χ0n) is 9.99. The van der Waals surface area contributed by atoms with Crippen molar-refractivity contribution >= 4 is 43.5 Å². The molecule has 5 heteroatoms. The molecular formula is C14H12Br2N2O. The van der Waals surface area contributed by atoms with Crippen molar-refractivity contribution in [2.24, 2.45) is 0 Å². The monoisotopic (exact) mass is 382 g/mol. The van der Waals surface area contributed by atoms with Crippen LogP contribution in [0.1, 0.15) is 15.9 Å². The molecule has 0 spiro atoms. The summed E-state index contributed by atoms with van der Waals surface area (Å²) in [4.78, 5) is 12.0. The summed E-state index contributed by atoms with van der Waals surface area (Å²) in [5.41, 5.74) is 7.80. The van der Waals surface area contributed by atoms with E-state index in [1.807, 2.05) is 24.3 Å². The van der Waals surface area contributed by atoms with Crippen LogP contribution in [0.15, 0.2) is 51.4 Å². The van der Waals surface area contributed by atoms with E-state index in [1.165, 1.54) is 0 Å². The van der Waals surface area contributed by atoms with Crippen molar-refractivity contribution in [1.29, 1.82) is 0 Å². The molecule has 0 heterocycles. The summed E-state index contributed by atoms with van der Waals surface area (Å²) in [6.07, 6.45) is 0. The van der Waals surface area contributed by atoms with Crippen molar-refractivity contribution in [2.45, 2.75) is 6.54 Å². The minimum absolute atomic E-state index is 0.173. The molecule has 0 saturated carbocycles. The standard InChI is InChI=1S/C14H12Br2N2O/c15-10-3-1-9(2-4-10)8-18-14(19)12-6-5-11(16)7-13(12)17/h1-7H,8,17H2,(H,18,19). The number of carbonyl (C=O) groups is 1. The van der Waals surface area contributed by atoms with Crippen molar-refractivity contribution in [1.82, 2.24) is 5.32 Å². The second kappa shape index (κ2) is 6.21. The molecule has 0 aromatic heterocycles. The van der Waals surface area contributed by atoms with Gasteiger partial charge in [0.1, 0.15) is 0 Å². The van der Waals surface area contributed by atoms with Gasteiger partial charge in [-0.1, -0.05) is 44.0 Å². The van der Waals surface area contributed by atoms with E-state index >= 15 is 0 Å². The molecule has 0 aliphatic rings. The number of benzene rings is 2. The number of nitrogens with two attached hydrogens (primary N) is 1. The van der Waals surface area contributed by atoms with Gasteiger partial charge in [0.15, 0.2) is 0 Å². The molecule has 2 aromatic rings. The highest BCUT2D eigenvalue weighted by Gasteiger charge is 2.09. The van der Waals surface area contributed by atoms with Crippen LogP contribution in [0.2, 0.25) is 0 Å². The van der Waals surface area contributed by atoms with Gasteiger partial charge in [0.2, 0.25) is 0 Å². The summed E-state index contributed by atoms with van der Waals surface area (Å²) in [7, 11) is 0. The molecule has 0 aliphatic heterocycles. The quantitative estimate of drug-likeness (QED) is 0.793. The van der Waals surface area contributed by atoms with E-state index < -0.39 is 0 Å². The maximum Gasteiger partial charge on any atom is 0.253 e. The summed E-state index contributed by atoms with van der Waals surface area (Å²) >= 11 is 6.68. The normalized spacial score (nSPS) is 10.2. The van der Waals surface area contributed by atoms with Gasteiger partial charge in [0.25, 0.3) is 5.91 Å². The minimum Gasteiger partial charge on any atom is -0.398 e. The van der Waals surface area contributed by atoms with Crippen LogP contribution in [0.4, 0.5) is 5.69 Å². The number of nitrogens with one attached hydrogen (secondary N) is 1. The molecule has 0 aliphatic carbocycles. The third-order valence-corrected chi connectivity index (χ3v) is 3.65. The molecule has 0 radical (unpaired) electrons. The lowest BCUT2D eigenvalue weighted by atomic mass is 10.1. The van der Waals surface area contributed by atoms with Crippen LogP contribution >= 0.6 is 31.9 Å². The van der Waals surface area contributed by atoms with Gasteiger partial charge in [-0.3, -0.25) is 4.79 Å². The molecule has 0 fully saturated rings. The van der Waals surface area contributed by atoms with Gasteiger partial charge in [-0.2, -0.15) is 0 Å². The molecule has 98 valence electrons. The van der Waals surface area contributed by atoms with Gasteiger partial charge in [-0.05, 0) is 35.9 Å². The Morgan fingerprint density at radius 1 is 1.05 bits per heavy atom. The average molecular weight is 384 g/mol. The molecular weight excluding hydrogens is 372 g/mol. The van der Waals surface area contributed by atoms with Gasteiger partial charge in [0.05, 0.1) is 5.56 Å². The second-order valence-electron chi connectivity index (χ2n) is 4.04. The first-order chi connectivity index (χ1) is 9.06. The molecule has 2 rings (SSSR count). The van der Waals surface area contributed by atoms with Gasteiger partial charge in [0, 0.05) is 21.2 Å². The molecule has 0 unspecified atom stereocenters. The summed E-state index contributed by atoms with van der Waals surface area (Å²) in [5, 5.41) is 2.85. The highest BCUT2D eigenvalue weighted by Crippen LogP contribution is 2.18. The summed E-state index contributed by atoms with van der Waals surface area (Å²) in [6, 6.07) is 13.0. The fraction of sp³-hybridized carbons (Fsp3) is 0.0714. The molecule has 0 bridgehead atoms. The molecule has 0 atom stereocenters. The number of hydrogen-bond donors (Lipinski definition) is 2. The zero-order chi connectivity index (χ0) is 13.8. The zero-order valence-corrected chi connectivity index (χ0v) is 13.2. The van der Waals surface area contributed by atoms with E-state index in [4.69, 9.17) is 5.73 Å². The summed E-state index contributed by atoms with van der Waals surface area (Å²) < 4.78 is 1.87. The topological polar surface area (TPSA) is 55.1 Å². The first-order valence-corrected chi connectivity index (χ1v) is 7.22. The maximum absolute atomic E-state index is 12.0. The molecule has 0 saturated heterocycles. The van der Waals surface area contributed by atoms with Crippen LogP contribution in [-0.2, 0) is 6.54 Å². The number of rotatable bonds is 3. The van der Waals surface area contributed by atoms with Crippen molar-refractivity contribution in [3.63, 3.8) is 0 Å². The van der Waals surface area contributed by atoms with E-state index in [2.05, 4.69) is 37.2 Å². The average Bonchev–Trinajstić information content (AvgIpc) is 2.37. The van der Waals surface area contributed by atoms with Crippen LogP contribution < -0.4 is 11.1 Å². The van der Waals surface area contributed by atoms with Crippen molar-refractivity contribution in [3.8, 4) is 0 Å². The number of hydrogen-bond acceptors (Lipinski definition) is 2. The fourth-order valence-corrected chi connectivity index (χ4v) is 2.26. The first kappa shape index (κ1) is 14.1. The Morgan fingerprint density at radius 2 is 1.68 bits per heavy atom. The highest BCUT2D eigenvalue weighted by molar-refractivity contribution is 9.10. The predicted molar refractivity (Wildman–Crippen MR) is 83.9 cm³/mol. The lowest BCUT2D eigenvalue weighted by Crippen LogP contribution is -2.23. The Labute approximate surface area is 128 Å². The Hall–Kier alpha value is -1.33. The Bertz CT molecular complexity index is 597. The Kier molecular flexibility index (Phi) is 4.61. The van der Waals surface area contributed by atoms with Gasteiger partial charge < -0.3 is 11.1 Å². The molecule has 19 heavy (non-hydrogen) atoms. The van der Waals surface area contributed by atoms with Crippen LogP contribution in [-0.4, -0.2) is 5.91 Å². The third-order valence-electron chi connectivity index (χ3n) is 2.62. The fourth-order valence-electron chi connectivity index (χ4n) is 1.62. The van der Waals surface area contributed by atoms with E-state index in [-0.39, 0.29) is 5.91 Å². The van der Waals surface area contributed by atoms with Crippen molar-refractivity contribution in [2.75, 3.05) is 5.73 Å². The molecule has 2 aromatic carbocycles. The third kappa shape index (κ3) is 3.81. The number of amides is 1. The lowest BCUT2D eigenvalue weighted by molar-refractivity contribution is 0.0952. The lowest BCUT2D eigenvalue weighted by Gasteiger charge is -2.08. The number of halogens is 2. The number of nitrogen functional groups attached to an aromatic ring is 1. The second-order valence-corrected chi connectivity index (χ2v) is 5.87. The van der Waals surface area contributed by atoms with Crippen molar-refractivity contribution in [3.05, 3.63) is 62.5 Å². The number of anilines is 1. The van der Waals surface area contributed by atoms with Crippen LogP contribution in [0, 0.1) is 0 Å². The van der Waals surface area contributed by atoms with Gasteiger partial charge in [-0.25, -0.2) is 0 Å². The van der Waals surface area contributed by atoms with Crippen LogP contribution in [0.25, 0.3) is 0 Å². The van der Waals surface area contributed by atoms with Gasteiger partial charge >= 0.3 is 0 Å². The SMILES string of the molecule is Nc1cc(Br)ccc1C(=O)NCc1ccc(Br)cc1. The highest BCUT2D eigenvalue weighted by atomic mass is 79.9. The Balaban J connectivity index is 2.03. The summed E-state index contributed by atoms with van der Waals surface area (Å²) in [5.74, 6) is -0.173. The van der Waals surface area contributed by atoms with E-state index in [0.717, 1.165) is 14.5 Å². The van der Waals surface area contributed by atoms with Crippen LogP contribution in [0.3, 0.4) is 0 Å².